The lowest BCUT2D eigenvalue weighted by atomic mass is 10.1. The van der Waals surface area contributed by atoms with Gasteiger partial charge in [0.25, 0.3) is 5.91 Å². The number of carbonyl (C=O) groups excluding carboxylic acids is 1. The summed E-state index contributed by atoms with van der Waals surface area (Å²) in [4.78, 5) is 14.2. The summed E-state index contributed by atoms with van der Waals surface area (Å²) in [5.74, 6) is 6.40. The van der Waals surface area contributed by atoms with Crippen molar-refractivity contribution in [2.45, 2.75) is 26.7 Å². The van der Waals surface area contributed by atoms with Crippen molar-refractivity contribution in [2.75, 3.05) is 20.2 Å². The minimum absolute atomic E-state index is 0.000418. The van der Waals surface area contributed by atoms with Crippen molar-refractivity contribution in [2.24, 2.45) is 5.92 Å². The summed E-state index contributed by atoms with van der Waals surface area (Å²) < 4.78 is 0. The molecule has 0 unspecified atom stereocenters. The Balaban J connectivity index is 2.85. The quantitative estimate of drug-likeness (QED) is 0.838. The number of nitrogens with zero attached hydrogens (tertiary/aromatic N) is 1. The lowest BCUT2D eigenvalue weighted by molar-refractivity contribution is 0.0789. The van der Waals surface area contributed by atoms with Crippen LogP contribution in [-0.4, -0.2) is 36.1 Å². The van der Waals surface area contributed by atoms with Crippen LogP contribution in [-0.2, 0) is 0 Å². The molecule has 0 radical (unpaired) electrons. The summed E-state index contributed by atoms with van der Waals surface area (Å²) in [6.07, 6.45) is 1.41. The standard InChI is InChI=1S/C17H23NO2/c1-14(2)11-12-18(3)17(20)16-10-5-4-8-15(16)9-6-7-13-19/h4-5,8,10,14,19H,7,11-13H2,1-3H3. The van der Waals surface area contributed by atoms with E-state index in [0.29, 0.717) is 17.9 Å². The molecule has 20 heavy (non-hydrogen) atoms. The summed E-state index contributed by atoms with van der Waals surface area (Å²) in [6, 6.07) is 7.36. The van der Waals surface area contributed by atoms with Crippen LogP contribution in [0.15, 0.2) is 24.3 Å². The zero-order valence-electron chi connectivity index (χ0n) is 12.5. The Morgan fingerprint density at radius 1 is 1.35 bits per heavy atom. The van der Waals surface area contributed by atoms with Crippen LogP contribution >= 0.6 is 0 Å². The molecule has 1 N–H and O–H groups in total. The van der Waals surface area contributed by atoms with Crippen molar-refractivity contribution < 1.29 is 9.90 Å². The number of aliphatic hydroxyl groups is 1. The first-order valence-corrected chi connectivity index (χ1v) is 7.00. The van der Waals surface area contributed by atoms with Crippen LogP contribution in [0.3, 0.4) is 0 Å². The second-order valence-electron chi connectivity index (χ2n) is 5.23. The molecule has 0 aromatic heterocycles. The fourth-order valence-electron chi connectivity index (χ4n) is 1.75. The van der Waals surface area contributed by atoms with E-state index in [4.69, 9.17) is 5.11 Å². The highest BCUT2D eigenvalue weighted by Crippen LogP contribution is 2.11. The molecule has 3 nitrogen and oxygen atoms in total. The summed E-state index contributed by atoms with van der Waals surface area (Å²) in [5.41, 5.74) is 1.35. The second kappa shape index (κ2) is 8.39. The highest BCUT2D eigenvalue weighted by molar-refractivity contribution is 5.96. The molecule has 0 atom stereocenters. The Kier molecular flexibility index (Phi) is 6.83. The van der Waals surface area contributed by atoms with Gasteiger partial charge in [0.2, 0.25) is 0 Å². The summed E-state index contributed by atoms with van der Waals surface area (Å²) in [5, 5.41) is 8.76. The Labute approximate surface area is 121 Å². The highest BCUT2D eigenvalue weighted by Gasteiger charge is 2.14. The molecule has 0 aliphatic carbocycles. The first kappa shape index (κ1) is 16.3. The first-order chi connectivity index (χ1) is 9.56. The van der Waals surface area contributed by atoms with E-state index < -0.39 is 0 Å². The van der Waals surface area contributed by atoms with Crippen molar-refractivity contribution in [1.82, 2.24) is 4.90 Å². The molecule has 1 amide bonds. The Morgan fingerprint density at radius 2 is 2.05 bits per heavy atom. The van der Waals surface area contributed by atoms with Crippen LogP contribution in [0.2, 0.25) is 0 Å². The molecular formula is C17H23NO2. The molecule has 3 heteroatoms. The molecule has 0 saturated carbocycles. The van der Waals surface area contributed by atoms with Crippen LogP contribution in [0, 0.1) is 17.8 Å². The Bertz CT molecular complexity index is 497. The predicted molar refractivity (Wildman–Crippen MR) is 81.4 cm³/mol. The van der Waals surface area contributed by atoms with Gasteiger partial charge < -0.3 is 10.0 Å². The van der Waals surface area contributed by atoms with Crippen molar-refractivity contribution in [3.05, 3.63) is 35.4 Å². The van der Waals surface area contributed by atoms with Gasteiger partial charge in [0.05, 0.1) is 12.2 Å². The lowest BCUT2D eigenvalue weighted by Gasteiger charge is -2.19. The van der Waals surface area contributed by atoms with Crippen LogP contribution in [0.25, 0.3) is 0 Å². The minimum atomic E-state index is -0.000418. The average molecular weight is 273 g/mol. The van der Waals surface area contributed by atoms with E-state index in [-0.39, 0.29) is 12.5 Å². The van der Waals surface area contributed by atoms with Crippen LogP contribution in [0.4, 0.5) is 0 Å². The molecule has 1 aromatic rings. The molecule has 0 spiro atoms. The molecule has 1 aromatic carbocycles. The van der Waals surface area contributed by atoms with Gasteiger partial charge in [-0.1, -0.05) is 37.8 Å². The predicted octanol–water partition coefficient (Wildman–Crippen LogP) is 2.54. The fourth-order valence-corrected chi connectivity index (χ4v) is 1.75. The van der Waals surface area contributed by atoms with Gasteiger partial charge in [-0.05, 0) is 24.5 Å². The summed E-state index contributed by atoms with van der Waals surface area (Å²) in [6.45, 7) is 5.07. The number of benzene rings is 1. The van der Waals surface area contributed by atoms with E-state index in [1.807, 2.05) is 25.2 Å². The van der Waals surface area contributed by atoms with Crippen LogP contribution in [0.5, 0.6) is 0 Å². The normalized spacial score (nSPS) is 10.1. The lowest BCUT2D eigenvalue weighted by Crippen LogP contribution is -2.29. The van der Waals surface area contributed by atoms with Gasteiger partial charge >= 0.3 is 0 Å². The van der Waals surface area contributed by atoms with Gasteiger partial charge in [-0.3, -0.25) is 4.79 Å². The summed E-state index contributed by atoms with van der Waals surface area (Å²) in [7, 11) is 1.82. The largest absolute Gasteiger partial charge is 0.395 e. The van der Waals surface area contributed by atoms with E-state index in [9.17, 15) is 4.79 Å². The number of hydrogen-bond donors (Lipinski definition) is 1. The van der Waals surface area contributed by atoms with Crippen molar-refractivity contribution >= 4 is 5.91 Å². The molecule has 0 heterocycles. The topological polar surface area (TPSA) is 40.5 Å². The van der Waals surface area contributed by atoms with Crippen molar-refractivity contribution in [3.8, 4) is 11.8 Å². The monoisotopic (exact) mass is 273 g/mol. The molecule has 0 saturated heterocycles. The number of hydrogen-bond acceptors (Lipinski definition) is 2. The molecule has 0 aliphatic heterocycles. The van der Waals surface area contributed by atoms with Gasteiger partial charge in [-0.25, -0.2) is 0 Å². The Morgan fingerprint density at radius 3 is 2.70 bits per heavy atom. The number of carbonyl (C=O) groups is 1. The first-order valence-electron chi connectivity index (χ1n) is 7.00. The average Bonchev–Trinajstić information content (AvgIpc) is 2.44. The van der Waals surface area contributed by atoms with Gasteiger partial charge in [-0.15, -0.1) is 0 Å². The maximum absolute atomic E-state index is 12.4. The smallest absolute Gasteiger partial charge is 0.254 e. The maximum atomic E-state index is 12.4. The molecular weight excluding hydrogens is 250 g/mol. The second-order valence-corrected chi connectivity index (χ2v) is 5.23. The molecule has 0 fully saturated rings. The zero-order valence-corrected chi connectivity index (χ0v) is 12.5. The highest BCUT2D eigenvalue weighted by atomic mass is 16.2. The van der Waals surface area contributed by atoms with E-state index in [1.54, 1.807) is 11.0 Å². The van der Waals surface area contributed by atoms with Crippen LogP contribution in [0.1, 0.15) is 42.6 Å². The fraction of sp³-hybridized carbons (Fsp3) is 0.471. The zero-order chi connectivity index (χ0) is 15.0. The summed E-state index contributed by atoms with van der Waals surface area (Å²) >= 11 is 0. The van der Waals surface area contributed by atoms with E-state index in [0.717, 1.165) is 18.5 Å². The van der Waals surface area contributed by atoms with Gasteiger partial charge in [-0.2, -0.15) is 0 Å². The molecule has 0 aliphatic rings. The van der Waals surface area contributed by atoms with Crippen molar-refractivity contribution in [3.63, 3.8) is 0 Å². The molecule has 108 valence electrons. The number of amides is 1. The van der Waals surface area contributed by atoms with E-state index in [1.165, 1.54) is 0 Å². The molecule has 1 rings (SSSR count). The minimum Gasteiger partial charge on any atom is -0.395 e. The maximum Gasteiger partial charge on any atom is 0.254 e. The van der Waals surface area contributed by atoms with E-state index in [2.05, 4.69) is 25.7 Å². The van der Waals surface area contributed by atoms with E-state index >= 15 is 0 Å². The number of aliphatic hydroxyl groups excluding tert-OH is 1. The molecule has 0 bridgehead atoms. The van der Waals surface area contributed by atoms with Gasteiger partial charge in [0, 0.05) is 25.6 Å². The Hall–Kier alpha value is -1.79. The van der Waals surface area contributed by atoms with Gasteiger partial charge in [0.1, 0.15) is 0 Å². The van der Waals surface area contributed by atoms with Crippen LogP contribution < -0.4 is 0 Å². The van der Waals surface area contributed by atoms with Gasteiger partial charge in [0.15, 0.2) is 0 Å². The van der Waals surface area contributed by atoms with Crippen molar-refractivity contribution in [1.29, 1.82) is 0 Å². The SMILES string of the molecule is CC(C)CCN(C)C(=O)c1ccccc1C#CCCO. The third kappa shape index (κ3) is 5.07. The third-order valence-electron chi connectivity index (χ3n) is 3.01. The third-order valence-corrected chi connectivity index (χ3v) is 3.01. The number of rotatable bonds is 5.